The van der Waals surface area contributed by atoms with Crippen molar-refractivity contribution in [2.45, 2.75) is 11.8 Å². The van der Waals surface area contributed by atoms with Crippen LogP contribution >= 0.6 is 35.0 Å². The zero-order valence-electron chi connectivity index (χ0n) is 9.97. The highest BCUT2D eigenvalue weighted by Gasteiger charge is 2.32. The van der Waals surface area contributed by atoms with Gasteiger partial charge in [-0.25, -0.2) is 0 Å². The average molecular weight is 322 g/mol. The van der Waals surface area contributed by atoms with Gasteiger partial charge in [0, 0.05) is 13.2 Å². The molecule has 1 amide bonds. The number of rotatable bonds is 4. The number of hydrogen-bond acceptors (Lipinski definition) is 4. The first kappa shape index (κ1) is 14.8. The van der Waals surface area contributed by atoms with E-state index in [2.05, 4.69) is 0 Å². The monoisotopic (exact) mass is 321 g/mol. The van der Waals surface area contributed by atoms with E-state index in [1.54, 1.807) is 17.0 Å². The lowest BCUT2D eigenvalue weighted by Gasteiger charge is -2.24. The summed E-state index contributed by atoms with van der Waals surface area (Å²) in [5.74, 6) is 0.277. The number of thioether (sulfide) groups is 1. The Hall–Kier alpha value is -0.620. The van der Waals surface area contributed by atoms with Crippen LogP contribution in [-0.2, 0) is 4.79 Å². The molecular formula is C12H13Cl2NO3S. The number of nitrogens with zero attached hydrogens (tertiary/aromatic N) is 1. The maximum absolute atomic E-state index is 11.8. The van der Waals surface area contributed by atoms with Gasteiger partial charge in [-0.3, -0.25) is 4.79 Å². The fraction of sp³-hybridized carbons (Fsp3) is 0.417. The van der Waals surface area contributed by atoms with E-state index < -0.39 is 0 Å². The fourth-order valence-corrected chi connectivity index (χ4v) is 3.64. The van der Waals surface area contributed by atoms with E-state index in [1.165, 1.54) is 11.8 Å². The Morgan fingerprint density at radius 1 is 1.37 bits per heavy atom. The van der Waals surface area contributed by atoms with Gasteiger partial charge >= 0.3 is 0 Å². The van der Waals surface area contributed by atoms with Gasteiger partial charge in [0.05, 0.1) is 15.8 Å². The van der Waals surface area contributed by atoms with Crippen molar-refractivity contribution < 1.29 is 15.0 Å². The standard InChI is InChI=1S/C12H13Cl2NO3S/c13-8-4-7(5-9(14)11(8)18)12-15(2-1-3-16)10(17)6-19-12/h4-5,12,16,18H,1-3,6H2. The van der Waals surface area contributed by atoms with Crippen molar-refractivity contribution in [1.29, 1.82) is 0 Å². The molecule has 1 aliphatic heterocycles. The zero-order valence-corrected chi connectivity index (χ0v) is 12.3. The Kier molecular flexibility index (Phi) is 4.84. The highest BCUT2D eigenvalue weighted by Crippen LogP contribution is 2.43. The molecule has 1 saturated heterocycles. The summed E-state index contributed by atoms with van der Waals surface area (Å²) in [5, 5.41) is 18.6. The number of aromatic hydroxyl groups is 1. The number of carbonyl (C=O) groups excluding carboxylic acids is 1. The summed E-state index contributed by atoms with van der Waals surface area (Å²) in [6.07, 6.45) is 0.530. The largest absolute Gasteiger partial charge is 0.505 e. The molecule has 0 radical (unpaired) electrons. The minimum absolute atomic E-state index is 0.0313. The van der Waals surface area contributed by atoms with E-state index in [9.17, 15) is 9.90 Å². The number of amides is 1. The molecule has 2 rings (SSSR count). The molecule has 19 heavy (non-hydrogen) atoms. The zero-order chi connectivity index (χ0) is 14.0. The molecule has 0 spiro atoms. The van der Waals surface area contributed by atoms with E-state index in [0.29, 0.717) is 18.7 Å². The second kappa shape index (κ2) is 6.22. The summed E-state index contributed by atoms with van der Waals surface area (Å²) >= 11 is 13.3. The number of halogens is 2. The molecule has 104 valence electrons. The third-order valence-electron chi connectivity index (χ3n) is 2.85. The molecule has 0 aromatic heterocycles. The number of aliphatic hydroxyl groups excluding tert-OH is 1. The third kappa shape index (κ3) is 3.11. The summed E-state index contributed by atoms with van der Waals surface area (Å²) in [5.41, 5.74) is 0.779. The number of phenolic OH excluding ortho intramolecular Hbond substituents is 1. The molecule has 1 unspecified atom stereocenters. The van der Waals surface area contributed by atoms with Crippen LogP contribution in [0.1, 0.15) is 17.4 Å². The molecule has 0 aliphatic carbocycles. The van der Waals surface area contributed by atoms with Gasteiger partial charge in [0.15, 0.2) is 5.75 Å². The number of benzene rings is 1. The Labute approximate surface area is 125 Å². The van der Waals surface area contributed by atoms with Crippen molar-refractivity contribution in [3.63, 3.8) is 0 Å². The van der Waals surface area contributed by atoms with Crippen molar-refractivity contribution in [3.8, 4) is 5.75 Å². The predicted octanol–water partition coefficient (Wildman–Crippen LogP) is 2.66. The van der Waals surface area contributed by atoms with Crippen LogP contribution in [0.4, 0.5) is 0 Å². The highest BCUT2D eigenvalue weighted by molar-refractivity contribution is 8.00. The van der Waals surface area contributed by atoms with Crippen molar-refractivity contribution in [1.82, 2.24) is 4.90 Å². The normalized spacial score (nSPS) is 19.2. The second-order valence-corrected chi connectivity index (χ2v) is 6.04. The third-order valence-corrected chi connectivity index (χ3v) is 4.68. The van der Waals surface area contributed by atoms with Crippen molar-refractivity contribution >= 4 is 40.9 Å². The van der Waals surface area contributed by atoms with Crippen LogP contribution in [0.3, 0.4) is 0 Å². The van der Waals surface area contributed by atoms with Gasteiger partial charge < -0.3 is 15.1 Å². The summed E-state index contributed by atoms with van der Waals surface area (Å²) in [6, 6.07) is 3.23. The van der Waals surface area contributed by atoms with Crippen LogP contribution < -0.4 is 0 Å². The first-order valence-electron chi connectivity index (χ1n) is 5.74. The van der Waals surface area contributed by atoms with Crippen LogP contribution in [0.25, 0.3) is 0 Å². The first-order valence-corrected chi connectivity index (χ1v) is 7.55. The molecule has 1 aliphatic rings. The highest BCUT2D eigenvalue weighted by atomic mass is 35.5. The second-order valence-electron chi connectivity index (χ2n) is 4.16. The predicted molar refractivity (Wildman–Crippen MR) is 76.7 cm³/mol. The van der Waals surface area contributed by atoms with E-state index in [1.807, 2.05) is 0 Å². The Balaban J connectivity index is 2.27. The lowest BCUT2D eigenvalue weighted by Crippen LogP contribution is -2.29. The van der Waals surface area contributed by atoms with Gasteiger partial charge in [-0.2, -0.15) is 0 Å². The van der Waals surface area contributed by atoms with Crippen LogP contribution in [0, 0.1) is 0 Å². The fourth-order valence-electron chi connectivity index (χ4n) is 1.94. The molecule has 1 heterocycles. The Morgan fingerprint density at radius 2 is 2.00 bits per heavy atom. The molecular weight excluding hydrogens is 309 g/mol. The lowest BCUT2D eigenvalue weighted by atomic mass is 10.2. The summed E-state index contributed by atoms with van der Waals surface area (Å²) in [6.45, 7) is 0.529. The molecule has 1 aromatic rings. The van der Waals surface area contributed by atoms with Gasteiger partial charge in [-0.05, 0) is 24.1 Å². The minimum Gasteiger partial charge on any atom is -0.505 e. The molecule has 1 fully saturated rings. The minimum atomic E-state index is -0.172. The summed E-state index contributed by atoms with van der Waals surface area (Å²) in [7, 11) is 0. The van der Waals surface area contributed by atoms with Gasteiger partial charge in [0.25, 0.3) is 0 Å². The van der Waals surface area contributed by atoms with Crippen LogP contribution in [-0.4, -0.2) is 39.9 Å². The van der Waals surface area contributed by atoms with E-state index in [0.717, 1.165) is 5.56 Å². The number of aliphatic hydroxyl groups is 1. The summed E-state index contributed by atoms with van der Waals surface area (Å²) in [4.78, 5) is 13.5. The number of hydrogen-bond donors (Lipinski definition) is 2. The topological polar surface area (TPSA) is 60.8 Å². The van der Waals surface area contributed by atoms with E-state index in [-0.39, 0.29) is 33.7 Å². The number of carbonyl (C=O) groups is 1. The van der Waals surface area contributed by atoms with Gasteiger partial charge in [0.1, 0.15) is 5.37 Å². The Bertz CT molecular complexity index is 475. The summed E-state index contributed by atoms with van der Waals surface area (Å²) < 4.78 is 0. The molecule has 2 N–H and O–H groups in total. The Morgan fingerprint density at radius 3 is 2.58 bits per heavy atom. The van der Waals surface area contributed by atoms with Crippen molar-refractivity contribution in [2.75, 3.05) is 18.9 Å². The van der Waals surface area contributed by atoms with Gasteiger partial charge in [-0.15, -0.1) is 11.8 Å². The van der Waals surface area contributed by atoms with E-state index in [4.69, 9.17) is 28.3 Å². The maximum Gasteiger partial charge on any atom is 0.233 e. The van der Waals surface area contributed by atoms with Gasteiger partial charge in [0.2, 0.25) is 5.91 Å². The SMILES string of the molecule is O=C1CSC(c2cc(Cl)c(O)c(Cl)c2)N1CCCO. The first-order chi connectivity index (χ1) is 9.04. The molecule has 0 bridgehead atoms. The molecule has 7 heteroatoms. The van der Waals surface area contributed by atoms with Crippen molar-refractivity contribution in [3.05, 3.63) is 27.7 Å². The van der Waals surface area contributed by atoms with Crippen LogP contribution in [0.2, 0.25) is 10.0 Å². The molecule has 0 saturated carbocycles. The molecule has 1 atom stereocenters. The number of phenols is 1. The van der Waals surface area contributed by atoms with Crippen LogP contribution in [0.5, 0.6) is 5.75 Å². The van der Waals surface area contributed by atoms with Crippen LogP contribution in [0.15, 0.2) is 12.1 Å². The quantitative estimate of drug-likeness (QED) is 0.895. The van der Waals surface area contributed by atoms with E-state index >= 15 is 0 Å². The van der Waals surface area contributed by atoms with Crippen molar-refractivity contribution in [2.24, 2.45) is 0 Å². The van der Waals surface area contributed by atoms with Gasteiger partial charge in [-0.1, -0.05) is 23.2 Å². The average Bonchev–Trinajstić information content (AvgIpc) is 2.74. The molecule has 1 aromatic carbocycles. The maximum atomic E-state index is 11.8. The molecule has 4 nitrogen and oxygen atoms in total. The smallest absolute Gasteiger partial charge is 0.233 e. The lowest BCUT2D eigenvalue weighted by molar-refractivity contribution is -0.128.